The summed E-state index contributed by atoms with van der Waals surface area (Å²) in [7, 11) is 0. The standard InChI is InChI=1S/C19H16F3N3O3/c1-10(2)18(27)28-9-12-6-11(3)7-16(17(12)26)25-23-14-5-4-13(19(20,21)22)8-15(14)24-25/h4-8,26H,1,9H2,2-3H3. The molecule has 0 spiro atoms. The number of halogens is 3. The van der Waals surface area contributed by atoms with Crippen molar-refractivity contribution in [1.29, 1.82) is 0 Å². The lowest BCUT2D eigenvalue weighted by molar-refractivity contribution is -0.140. The lowest BCUT2D eigenvalue weighted by Gasteiger charge is -2.11. The van der Waals surface area contributed by atoms with Gasteiger partial charge in [-0.25, -0.2) is 4.79 Å². The predicted octanol–water partition coefficient (Wildman–Crippen LogP) is 4.07. The van der Waals surface area contributed by atoms with Crippen LogP contribution < -0.4 is 0 Å². The molecule has 0 bridgehead atoms. The Kier molecular flexibility index (Phi) is 4.84. The van der Waals surface area contributed by atoms with Crippen LogP contribution in [0.2, 0.25) is 0 Å². The average molecular weight is 391 g/mol. The van der Waals surface area contributed by atoms with E-state index in [1.54, 1.807) is 19.1 Å². The van der Waals surface area contributed by atoms with Crippen molar-refractivity contribution in [3.8, 4) is 11.4 Å². The first-order chi connectivity index (χ1) is 13.1. The molecule has 146 valence electrons. The summed E-state index contributed by atoms with van der Waals surface area (Å²) in [6.45, 7) is 6.52. The zero-order valence-electron chi connectivity index (χ0n) is 15.0. The second-order valence-electron chi connectivity index (χ2n) is 6.34. The molecule has 0 radical (unpaired) electrons. The zero-order valence-corrected chi connectivity index (χ0v) is 15.0. The van der Waals surface area contributed by atoms with Crippen molar-refractivity contribution in [3.05, 3.63) is 59.2 Å². The molecule has 3 aromatic rings. The van der Waals surface area contributed by atoms with Gasteiger partial charge in [0.05, 0.1) is 5.56 Å². The molecule has 0 saturated heterocycles. The maximum atomic E-state index is 12.9. The number of esters is 1. The van der Waals surface area contributed by atoms with Gasteiger partial charge in [-0.05, 0) is 49.7 Å². The Balaban J connectivity index is 2.01. The van der Waals surface area contributed by atoms with E-state index in [0.29, 0.717) is 11.1 Å². The van der Waals surface area contributed by atoms with Gasteiger partial charge in [-0.2, -0.15) is 13.2 Å². The van der Waals surface area contributed by atoms with Crippen molar-refractivity contribution in [2.24, 2.45) is 0 Å². The molecular formula is C19H16F3N3O3. The van der Waals surface area contributed by atoms with Crippen LogP contribution in [0.1, 0.15) is 23.6 Å². The highest BCUT2D eigenvalue weighted by Gasteiger charge is 2.31. The summed E-state index contributed by atoms with van der Waals surface area (Å²) in [6, 6.07) is 6.21. The third kappa shape index (κ3) is 3.83. The fourth-order valence-corrected chi connectivity index (χ4v) is 2.56. The highest BCUT2D eigenvalue weighted by molar-refractivity contribution is 5.87. The van der Waals surface area contributed by atoms with E-state index in [4.69, 9.17) is 4.74 Å². The van der Waals surface area contributed by atoms with Crippen LogP contribution in [-0.2, 0) is 22.3 Å². The molecule has 1 N–H and O–H groups in total. The van der Waals surface area contributed by atoms with E-state index in [9.17, 15) is 23.1 Å². The molecule has 6 nitrogen and oxygen atoms in total. The summed E-state index contributed by atoms with van der Waals surface area (Å²) in [4.78, 5) is 12.6. The summed E-state index contributed by atoms with van der Waals surface area (Å²) in [5.74, 6) is -0.846. The second kappa shape index (κ2) is 6.99. The number of phenols is 1. The van der Waals surface area contributed by atoms with Crippen molar-refractivity contribution in [1.82, 2.24) is 15.0 Å². The van der Waals surface area contributed by atoms with E-state index in [-0.39, 0.29) is 34.7 Å². The minimum atomic E-state index is -4.50. The number of rotatable bonds is 4. The normalized spacial score (nSPS) is 11.6. The molecule has 0 amide bonds. The Morgan fingerprint density at radius 1 is 1.21 bits per heavy atom. The molecule has 0 aliphatic heterocycles. The molecule has 1 heterocycles. The first-order valence-corrected chi connectivity index (χ1v) is 8.16. The Bertz CT molecular complexity index is 1090. The number of nitrogens with zero attached hydrogens (tertiary/aromatic N) is 3. The van der Waals surface area contributed by atoms with Crippen LogP contribution in [0, 0.1) is 6.92 Å². The van der Waals surface area contributed by atoms with Gasteiger partial charge in [-0.3, -0.25) is 0 Å². The number of carbonyl (C=O) groups is 1. The van der Waals surface area contributed by atoms with Crippen LogP contribution in [0.5, 0.6) is 5.75 Å². The van der Waals surface area contributed by atoms with Crippen molar-refractivity contribution >= 4 is 17.0 Å². The molecule has 0 fully saturated rings. The molecule has 0 unspecified atom stereocenters. The smallest absolute Gasteiger partial charge is 0.416 e. The summed E-state index contributed by atoms with van der Waals surface area (Å²) >= 11 is 0. The number of alkyl halides is 3. The number of hydrogen-bond donors (Lipinski definition) is 1. The maximum absolute atomic E-state index is 12.9. The Morgan fingerprint density at radius 3 is 2.54 bits per heavy atom. The topological polar surface area (TPSA) is 77.2 Å². The number of phenolic OH excluding ortho intramolecular Hbond substituents is 1. The average Bonchev–Trinajstić information content (AvgIpc) is 3.03. The number of aromatic hydroxyl groups is 1. The van der Waals surface area contributed by atoms with Crippen molar-refractivity contribution in [2.45, 2.75) is 26.6 Å². The number of benzene rings is 2. The van der Waals surface area contributed by atoms with Gasteiger partial charge >= 0.3 is 12.1 Å². The fraction of sp³-hybridized carbons (Fsp3) is 0.211. The lowest BCUT2D eigenvalue weighted by Crippen LogP contribution is -2.07. The summed E-state index contributed by atoms with van der Waals surface area (Å²) in [5, 5.41) is 18.7. The van der Waals surface area contributed by atoms with E-state index in [0.717, 1.165) is 16.9 Å². The number of hydrogen-bond acceptors (Lipinski definition) is 5. The van der Waals surface area contributed by atoms with Crippen LogP contribution >= 0.6 is 0 Å². The van der Waals surface area contributed by atoms with Crippen molar-refractivity contribution < 1.29 is 27.8 Å². The Labute approximate surface area is 157 Å². The van der Waals surface area contributed by atoms with Gasteiger partial charge in [0, 0.05) is 11.1 Å². The van der Waals surface area contributed by atoms with Gasteiger partial charge in [-0.1, -0.05) is 6.58 Å². The first kappa shape index (κ1) is 19.4. The zero-order chi connectivity index (χ0) is 20.6. The Hall–Kier alpha value is -3.36. The molecule has 0 atom stereocenters. The summed E-state index contributed by atoms with van der Waals surface area (Å²) < 4.78 is 43.7. The monoisotopic (exact) mass is 391 g/mol. The predicted molar refractivity (Wildman–Crippen MR) is 94.9 cm³/mol. The Morgan fingerprint density at radius 2 is 1.89 bits per heavy atom. The van der Waals surface area contributed by atoms with Gasteiger partial charge in [0.25, 0.3) is 0 Å². The maximum Gasteiger partial charge on any atom is 0.416 e. The highest BCUT2D eigenvalue weighted by atomic mass is 19.4. The molecule has 0 aliphatic carbocycles. The number of aryl methyl sites for hydroxylation is 1. The molecule has 0 aliphatic rings. The fourth-order valence-electron chi connectivity index (χ4n) is 2.56. The van der Waals surface area contributed by atoms with Crippen LogP contribution in [0.4, 0.5) is 13.2 Å². The lowest BCUT2D eigenvalue weighted by atomic mass is 10.1. The molecule has 3 rings (SSSR count). The van der Waals surface area contributed by atoms with E-state index >= 15 is 0 Å². The molecule has 1 aromatic heterocycles. The number of ether oxygens (including phenoxy) is 1. The second-order valence-corrected chi connectivity index (χ2v) is 6.34. The van der Waals surface area contributed by atoms with Gasteiger partial charge in [0.15, 0.2) is 0 Å². The molecule has 28 heavy (non-hydrogen) atoms. The number of fused-ring (bicyclic) bond motifs is 1. The van der Waals surface area contributed by atoms with Crippen LogP contribution in [0.25, 0.3) is 16.7 Å². The van der Waals surface area contributed by atoms with E-state index in [1.165, 1.54) is 13.0 Å². The van der Waals surface area contributed by atoms with Crippen LogP contribution in [0.3, 0.4) is 0 Å². The van der Waals surface area contributed by atoms with Gasteiger partial charge < -0.3 is 9.84 Å². The van der Waals surface area contributed by atoms with Crippen molar-refractivity contribution in [2.75, 3.05) is 0 Å². The van der Waals surface area contributed by atoms with E-state index in [2.05, 4.69) is 16.8 Å². The largest absolute Gasteiger partial charge is 0.505 e. The van der Waals surface area contributed by atoms with Crippen molar-refractivity contribution in [3.63, 3.8) is 0 Å². The molecule has 2 aromatic carbocycles. The SMILES string of the molecule is C=C(C)C(=O)OCc1cc(C)cc(-n2nc3ccc(C(F)(F)F)cc3n2)c1O. The minimum absolute atomic E-state index is 0.0333. The highest BCUT2D eigenvalue weighted by Crippen LogP contribution is 2.32. The first-order valence-electron chi connectivity index (χ1n) is 8.16. The molecule has 0 saturated carbocycles. The van der Waals surface area contributed by atoms with Gasteiger partial charge in [-0.15, -0.1) is 15.0 Å². The molecule has 9 heteroatoms. The summed E-state index contributed by atoms with van der Waals surface area (Å²) in [6.07, 6.45) is -4.50. The van der Waals surface area contributed by atoms with Crippen LogP contribution in [-0.4, -0.2) is 26.1 Å². The van der Waals surface area contributed by atoms with Gasteiger partial charge in [0.2, 0.25) is 0 Å². The summed E-state index contributed by atoms with van der Waals surface area (Å²) in [5.41, 5.74) is 0.829. The molecular weight excluding hydrogens is 375 g/mol. The van der Waals surface area contributed by atoms with E-state index in [1.807, 2.05) is 0 Å². The minimum Gasteiger partial charge on any atom is -0.505 e. The van der Waals surface area contributed by atoms with E-state index < -0.39 is 17.7 Å². The quantitative estimate of drug-likeness (QED) is 0.536. The van der Waals surface area contributed by atoms with Crippen LogP contribution in [0.15, 0.2) is 42.5 Å². The third-order valence-electron chi connectivity index (χ3n) is 3.94. The third-order valence-corrected chi connectivity index (χ3v) is 3.94. The number of carbonyl (C=O) groups excluding carboxylic acids is 1. The number of aromatic nitrogens is 3. The van der Waals surface area contributed by atoms with Gasteiger partial charge in [0.1, 0.15) is 29.1 Å².